The van der Waals surface area contributed by atoms with Crippen LogP contribution in [0, 0.1) is 11.8 Å². The van der Waals surface area contributed by atoms with E-state index in [1.54, 1.807) is 6.08 Å². The lowest BCUT2D eigenvalue weighted by atomic mass is 9.72. The third-order valence-electron chi connectivity index (χ3n) is 4.83. The van der Waals surface area contributed by atoms with Gasteiger partial charge in [-0.2, -0.15) is 0 Å². The van der Waals surface area contributed by atoms with Gasteiger partial charge in [0.15, 0.2) is 0 Å². The summed E-state index contributed by atoms with van der Waals surface area (Å²) in [7, 11) is 0. The van der Waals surface area contributed by atoms with Crippen LogP contribution in [0.4, 0.5) is 0 Å². The lowest BCUT2D eigenvalue weighted by Crippen LogP contribution is -2.51. The van der Waals surface area contributed by atoms with Crippen LogP contribution in [-0.2, 0) is 9.53 Å². The van der Waals surface area contributed by atoms with Gasteiger partial charge in [0.1, 0.15) is 11.2 Å². The molecule has 4 atom stereocenters. The first-order chi connectivity index (χ1) is 8.51. The van der Waals surface area contributed by atoms with E-state index >= 15 is 0 Å². The molecule has 0 amide bonds. The van der Waals surface area contributed by atoms with Crippen LogP contribution >= 0.6 is 0 Å². The highest BCUT2D eigenvalue weighted by molar-refractivity contribution is 5.75. The number of ether oxygens (including phenoxy) is 1. The van der Waals surface area contributed by atoms with Crippen molar-refractivity contribution in [2.75, 3.05) is 0 Å². The Morgan fingerprint density at radius 2 is 2.39 bits per heavy atom. The Morgan fingerprint density at radius 3 is 3.11 bits per heavy atom. The first-order valence-electron chi connectivity index (χ1n) is 6.44. The molecule has 1 aliphatic heterocycles. The van der Waals surface area contributed by atoms with Crippen LogP contribution in [0.5, 0.6) is 0 Å². The summed E-state index contributed by atoms with van der Waals surface area (Å²) >= 11 is 0. The third-order valence-corrected chi connectivity index (χ3v) is 4.83. The second kappa shape index (κ2) is 3.60. The summed E-state index contributed by atoms with van der Waals surface area (Å²) in [4.78, 5) is 11.6. The summed E-state index contributed by atoms with van der Waals surface area (Å²) in [6, 6.07) is 0. The van der Waals surface area contributed by atoms with E-state index in [4.69, 9.17) is 4.74 Å². The standard InChI is InChI=1S/C14H18O4/c1-2-3-9-7-13(17)8-12(16)18-14(13)5-4-10(15)6-11(9)14/h2,4,9,11,15,17H,1,3,5-8H2/t9-,11-,13+,14-/m1/s1. The van der Waals surface area contributed by atoms with E-state index in [0.717, 1.165) is 6.42 Å². The molecule has 4 heteroatoms. The molecule has 1 spiro atoms. The largest absolute Gasteiger partial charge is 0.513 e. The zero-order valence-electron chi connectivity index (χ0n) is 10.3. The van der Waals surface area contributed by atoms with Crippen molar-refractivity contribution in [2.24, 2.45) is 11.8 Å². The minimum Gasteiger partial charge on any atom is -0.513 e. The maximum Gasteiger partial charge on any atom is 0.309 e. The monoisotopic (exact) mass is 250 g/mol. The zero-order chi connectivity index (χ0) is 13.0. The normalized spacial score (nSPS) is 46.1. The van der Waals surface area contributed by atoms with Crippen molar-refractivity contribution in [3.8, 4) is 0 Å². The van der Waals surface area contributed by atoms with Gasteiger partial charge in [0.2, 0.25) is 0 Å². The van der Waals surface area contributed by atoms with Gasteiger partial charge in [-0.3, -0.25) is 4.79 Å². The fourth-order valence-corrected chi connectivity index (χ4v) is 4.10. The van der Waals surface area contributed by atoms with Gasteiger partial charge in [-0.1, -0.05) is 6.08 Å². The van der Waals surface area contributed by atoms with E-state index < -0.39 is 11.2 Å². The highest BCUT2D eigenvalue weighted by atomic mass is 16.6. The Bertz CT molecular complexity index is 441. The number of carbonyl (C=O) groups excluding carboxylic acids is 1. The lowest BCUT2D eigenvalue weighted by molar-refractivity contribution is -0.163. The predicted molar refractivity (Wildman–Crippen MR) is 64.7 cm³/mol. The summed E-state index contributed by atoms with van der Waals surface area (Å²) in [6.07, 6.45) is 5.81. The van der Waals surface area contributed by atoms with Crippen molar-refractivity contribution in [3.63, 3.8) is 0 Å². The van der Waals surface area contributed by atoms with Crippen LogP contribution in [-0.4, -0.2) is 27.4 Å². The number of rotatable bonds is 2. The lowest BCUT2D eigenvalue weighted by Gasteiger charge is -2.40. The molecule has 0 aromatic heterocycles. The van der Waals surface area contributed by atoms with Gasteiger partial charge in [-0.05, 0) is 24.8 Å². The van der Waals surface area contributed by atoms with Gasteiger partial charge in [0, 0.05) is 18.8 Å². The number of allylic oxidation sites excluding steroid dienone is 2. The maximum atomic E-state index is 11.6. The molecule has 1 heterocycles. The Morgan fingerprint density at radius 1 is 1.61 bits per heavy atom. The van der Waals surface area contributed by atoms with Gasteiger partial charge in [0.05, 0.1) is 12.2 Å². The molecule has 2 aliphatic carbocycles. The minimum atomic E-state index is -1.07. The van der Waals surface area contributed by atoms with Crippen LogP contribution in [0.1, 0.15) is 32.1 Å². The van der Waals surface area contributed by atoms with Gasteiger partial charge < -0.3 is 14.9 Å². The molecular weight excluding hydrogens is 232 g/mol. The molecule has 0 aromatic carbocycles. The highest BCUT2D eigenvalue weighted by Gasteiger charge is 2.70. The third kappa shape index (κ3) is 1.32. The van der Waals surface area contributed by atoms with Crippen molar-refractivity contribution in [2.45, 2.75) is 43.3 Å². The van der Waals surface area contributed by atoms with Gasteiger partial charge in [0.25, 0.3) is 0 Å². The molecule has 1 saturated carbocycles. The second-order valence-electron chi connectivity index (χ2n) is 5.77. The van der Waals surface area contributed by atoms with E-state index in [9.17, 15) is 15.0 Å². The van der Waals surface area contributed by atoms with Crippen molar-refractivity contribution in [3.05, 3.63) is 24.5 Å². The molecular formula is C14H18O4. The molecule has 0 aromatic rings. The fourth-order valence-electron chi connectivity index (χ4n) is 4.10. The number of esters is 1. The van der Waals surface area contributed by atoms with Gasteiger partial charge in [-0.15, -0.1) is 6.58 Å². The Labute approximate surface area is 106 Å². The smallest absolute Gasteiger partial charge is 0.309 e. The average Bonchev–Trinajstić information content (AvgIpc) is 2.65. The number of aliphatic hydroxyl groups excluding tert-OH is 1. The first kappa shape index (κ1) is 11.8. The van der Waals surface area contributed by atoms with Crippen molar-refractivity contribution >= 4 is 5.97 Å². The Balaban J connectivity index is 2.02. The van der Waals surface area contributed by atoms with Crippen LogP contribution in [0.15, 0.2) is 24.5 Å². The van der Waals surface area contributed by atoms with Gasteiger partial charge in [-0.25, -0.2) is 0 Å². The maximum absolute atomic E-state index is 11.6. The summed E-state index contributed by atoms with van der Waals surface area (Å²) in [5.41, 5.74) is -1.89. The van der Waals surface area contributed by atoms with E-state index in [-0.39, 0.29) is 24.2 Å². The molecule has 0 unspecified atom stereocenters. The van der Waals surface area contributed by atoms with Crippen LogP contribution in [0.3, 0.4) is 0 Å². The SMILES string of the molecule is C=CC[C@@H]1C[C@]2(O)CC(=O)O[C@@]23CC=C(O)C[C@H]13. The summed E-state index contributed by atoms with van der Waals surface area (Å²) in [6.45, 7) is 3.74. The van der Waals surface area contributed by atoms with E-state index in [1.807, 2.05) is 6.08 Å². The molecule has 3 aliphatic rings. The van der Waals surface area contributed by atoms with Crippen LogP contribution in [0.25, 0.3) is 0 Å². The number of hydrogen-bond donors (Lipinski definition) is 2. The summed E-state index contributed by atoms with van der Waals surface area (Å²) < 4.78 is 5.53. The fraction of sp³-hybridized carbons (Fsp3) is 0.643. The molecule has 0 bridgehead atoms. The first-order valence-corrected chi connectivity index (χ1v) is 6.44. The minimum absolute atomic E-state index is 0.00282. The average molecular weight is 250 g/mol. The quantitative estimate of drug-likeness (QED) is 0.580. The van der Waals surface area contributed by atoms with Crippen molar-refractivity contribution < 1.29 is 19.7 Å². The Kier molecular flexibility index (Phi) is 2.36. The Hall–Kier alpha value is -1.29. The molecule has 2 N–H and O–H groups in total. The molecule has 18 heavy (non-hydrogen) atoms. The van der Waals surface area contributed by atoms with E-state index in [0.29, 0.717) is 25.0 Å². The molecule has 1 saturated heterocycles. The summed E-state index contributed by atoms with van der Waals surface area (Å²) in [5.74, 6) is 0.231. The topological polar surface area (TPSA) is 66.8 Å². The van der Waals surface area contributed by atoms with Crippen LogP contribution in [0.2, 0.25) is 0 Å². The molecule has 4 nitrogen and oxygen atoms in total. The van der Waals surface area contributed by atoms with Gasteiger partial charge >= 0.3 is 5.97 Å². The van der Waals surface area contributed by atoms with E-state index in [1.165, 1.54) is 0 Å². The number of carbonyl (C=O) groups is 1. The number of aliphatic hydroxyl groups is 2. The van der Waals surface area contributed by atoms with Crippen molar-refractivity contribution in [1.29, 1.82) is 0 Å². The predicted octanol–water partition coefficient (Wildman–Crippen LogP) is 1.85. The van der Waals surface area contributed by atoms with Crippen molar-refractivity contribution in [1.82, 2.24) is 0 Å². The number of hydrogen-bond acceptors (Lipinski definition) is 4. The molecule has 98 valence electrons. The highest BCUT2D eigenvalue weighted by Crippen LogP contribution is 2.60. The van der Waals surface area contributed by atoms with Crippen LogP contribution < -0.4 is 0 Å². The second-order valence-corrected chi connectivity index (χ2v) is 5.77. The molecule has 0 radical (unpaired) electrons. The molecule has 3 rings (SSSR count). The van der Waals surface area contributed by atoms with E-state index in [2.05, 4.69) is 6.58 Å². The summed E-state index contributed by atoms with van der Waals surface area (Å²) in [5, 5.41) is 20.5. The zero-order valence-corrected chi connectivity index (χ0v) is 10.3. The molecule has 2 fully saturated rings.